The summed E-state index contributed by atoms with van der Waals surface area (Å²) in [5.41, 5.74) is 2.91. The van der Waals surface area contributed by atoms with Crippen molar-refractivity contribution in [2.45, 2.75) is 117 Å². The van der Waals surface area contributed by atoms with E-state index in [0.29, 0.717) is 13.2 Å². The van der Waals surface area contributed by atoms with Crippen molar-refractivity contribution in [2.75, 3.05) is 18.1 Å². The van der Waals surface area contributed by atoms with Gasteiger partial charge in [0.05, 0.1) is 16.9 Å². The maximum absolute atomic E-state index is 12.9. The number of carbonyl (C=O) groups excluding carboxylic acids is 1. The van der Waals surface area contributed by atoms with E-state index < -0.39 is 32.2 Å². The molecule has 0 radical (unpaired) electrons. The Morgan fingerprint density at radius 1 is 1.06 bits per heavy atom. The van der Waals surface area contributed by atoms with Gasteiger partial charge in [-0.2, -0.15) is 0 Å². The van der Waals surface area contributed by atoms with Crippen LogP contribution in [0.5, 0.6) is 0 Å². The summed E-state index contributed by atoms with van der Waals surface area (Å²) in [6.07, 6.45) is 1.22. The topological polar surface area (TPSA) is 57.2 Å². The fraction of sp³-hybridized carbons (Fsp3) is 0.741. The molecule has 2 aliphatic rings. The highest BCUT2D eigenvalue weighted by Gasteiger charge is 2.52. The van der Waals surface area contributed by atoms with E-state index in [1.54, 1.807) is 4.90 Å². The molecule has 0 atom stereocenters. The van der Waals surface area contributed by atoms with E-state index in [1.165, 1.54) is 11.1 Å². The van der Waals surface area contributed by atoms with Crippen LogP contribution in [0.15, 0.2) is 12.1 Å². The number of ether oxygens (including phenoxy) is 1. The van der Waals surface area contributed by atoms with Gasteiger partial charge in [0.25, 0.3) is 0 Å². The van der Waals surface area contributed by atoms with Crippen molar-refractivity contribution in [3.05, 3.63) is 23.3 Å². The standard InChI is InChI=1S/C27H46BNO5Si/c1-24(2,3)32-23(30)29-17-15-20-19(16-18-31-35(11,12)25(4,5)6)21(13-14-22(20)29)28-33-26(7,8)27(9,10)34-28/h13-14H,15-18H2,1-12H3. The van der Waals surface area contributed by atoms with Gasteiger partial charge in [0, 0.05) is 13.2 Å². The van der Waals surface area contributed by atoms with Gasteiger partial charge < -0.3 is 18.5 Å². The molecule has 0 N–H and O–H groups in total. The number of hydrogen-bond acceptors (Lipinski definition) is 5. The molecule has 8 heteroatoms. The summed E-state index contributed by atoms with van der Waals surface area (Å²) in [5.74, 6) is 0. The van der Waals surface area contributed by atoms with Crippen LogP contribution >= 0.6 is 0 Å². The lowest BCUT2D eigenvalue weighted by atomic mass is 9.73. The van der Waals surface area contributed by atoms with Crippen LogP contribution in [0.2, 0.25) is 18.1 Å². The Morgan fingerprint density at radius 3 is 2.14 bits per heavy atom. The van der Waals surface area contributed by atoms with E-state index in [1.807, 2.05) is 26.8 Å². The van der Waals surface area contributed by atoms with Crippen molar-refractivity contribution in [1.82, 2.24) is 0 Å². The predicted molar refractivity (Wildman–Crippen MR) is 146 cm³/mol. The average molecular weight is 504 g/mol. The summed E-state index contributed by atoms with van der Waals surface area (Å²) in [6, 6.07) is 4.08. The monoisotopic (exact) mass is 503 g/mol. The van der Waals surface area contributed by atoms with Crippen molar-refractivity contribution >= 4 is 32.7 Å². The summed E-state index contributed by atoms with van der Waals surface area (Å²) < 4.78 is 25.1. The molecule has 2 heterocycles. The molecule has 6 nitrogen and oxygen atoms in total. The molecule has 196 valence electrons. The first-order chi connectivity index (χ1) is 15.8. The third kappa shape index (κ3) is 5.81. The second-order valence-corrected chi connectivity index (χ2v) is 18.3. The fourth-order valence-electron chi connectivity index (χ4n) is 4.19. The molecule has 1 aromatic rings. The zero-order valence-corrected chi connectivity index (χ0v) is 25.0. The van der Waals surface area contributed by atoms with Crippen LogP contribution in [0.4, 0.5) is 10.5 Å². The number of rotatable bonds is 5. The van der Waals surface area contributed by atoms with Crippen LogP contribution in [0.25, 0.3) is 0 Å². The Kier molecular flexibility index (Phi) is 7.41. The SMILES string of the molecule is CC(C)(C)OC(=O)N1CCc2c1ccc(B1OC(C)(C)C(C)(C)O1)c2CCO[Si](C)(C)C(C)(C)C. The Balaban J connectivity index is 1.96. The molecule has 2 aliphatic heterocycles. The zero-order chi connectivity index (χ0) is 26.6. The maximum atomic E-state index is 12.9. The number of hydrogen-bond donors (Lipinski definition) is 0. The Morgan fingerprint density at radius 2 is 1.63 bits per heavy atom. The van der Waals surface area contributed by atoms with Crippen LogP contribution in [-0.4, -0.2) is 51.5 Å². The summed E-state index contributed by atoms with van der Waals surface area (Å²) in [6.45, 7) is 26.6. The normalized spacial score (nSPS) is 19.8. The largest absolute Gasteiger partial charge is 0.495 e. The summed E-state index contributed by atoms with van der Waals surface area (Å²) >= 11 is 0. The summed E-state index contributed by atoms with van der Waals surface area (Å²) in [7, 11) is -2.34. The minimum absolute atomic E-state index is 0.147. The van der Waals surface area contributed by atoms with E-state index in [-0.39, 0.29) is 11.1 Å². The Labute approximate surface area is 214 Å². The first-order valence-electron chi connectivity index (χ1n) is 12.9. The molecule has 0 spiro atoms. The molecule has 0 saturated carbocycles. The van der Waals surface area contributed by atoms with E-state index in [0.717, 1.165) is 24.0 Å². The van der Waals surface area contributed by atoms with Gasteiger partial charge in [-0.25, -0.2) is 4.79 Å². The van der Waals surface area contributed by atoms with Crippen molar-refractivity contribution in [3.8, 4) is 0 Å². The van der Waals surface area contributed by atoms with E-state index >= 15 is 0 Å². The van der Waals surface area contributed by atoms with Gasteiger partial charge in [-0.15, -0.1) is 0 Å². The average Bonchev–Trinajstić information content (AvgIpc) is 3.17. The molecule has 35 heavy (non-hydrogen) atoms. The number of amides is 1. The number of anilines is 1. The molecule has 1 fully saturated rings. The van der Waals surface area contributed by atoms with Gasteiger partial charge in [0.1, 0.15) is 5.60 Å². The van der Waals surface area contributed by atoms with E-state index in [9.17, 15) is 4.79 Å². The van der Waals surface area contributed by atoms with Gasteiger partial charge in [-0.3, -0.25) is 4.90 Å². The molecular weight excluding hydrogens is 457 g/mol. The van der Waals surface area contributed by atoms with Crippen LogP contribution < -0.4 is 10.4 Å². The van der Waals surface area contributed by atoms with Crippen molar-refractivity contribution in [2.24, 2.45) is 0 Å². The third-order valence-corrected chi connectivity index (χ3v) is 12.6. The highest BCUT2D eigenvalue weighted by atomic mass is 28.4. The van der Waals surface area contributed by atoms with Crippen LogP contribution in [0.3, 0.4) is 0 Å². The molecular formula is C27H46BNO5Si. The summed E-state index contributed by atoms with van der Waals surface area (Å²) in [4.78, 5) is 14.7. The van der Waals surface area contributed by atoms with Crippen LogP contribution in [0.1, 0.15) is 80.4 Å². The molecule has 1 saturated heterocycles. The second-order valence-electron chi connectivity index (χ2n) is 13.5. The Hall–Kier alpha value is -1.35. The molecule has 1 amide bonds. The lowest BCUT2D eigenvalue weighted by Gasteiger charge is -2.36. The van der Waals surface area contributed by atoms with Gasteiger partial charge >= 0.3 is 13.2 Å². The molecule has 0 unspecified atom stereocenters. The van der Waals surface area contributed by atoms with Gasteiger partial charge in [-0.1, -0.05) is 26.8 Å². The molecule has 0 aliphatic carbocycles. The lowest BCUT2D eigenvalue weighted by molar-refractivity contribution is 0.00578. The predicted octanol–water partition coefficient (Wildman–Crippen LogP) is 5.85. The first-order valence-corrected chi connectivity index (χ1v) is 15.8. The molecule has 0 bridgehead atoms. The Bertz CT molecular complexity index is 946. The lowest BCUT2D eigenvalue weighted by Crippen LogP contribution is -2.42. The minimum Gasteiger partial charge on any atom is -0.443 e. The number of nitrogens with zero attached hydrogens (tertiary/aromatic N) is 1. The van der Waals surface area contributed by atoms with Gasteiger partial charge in [0.15, 0.2) is 8.32 Å². The highest BCUT2D eigenvalue weighted by molar-refractivity contribution is 6.74. The summed E-state index contributed by atoms with van der Waals surface area (Å²) in [5, 5.41) is 0.147. The van der Waals surface area contributed by atoms with E-state index in [4.69, 9.17) is 18.5 Å². The highest BCUT2D eigenvalue weighted by Crippen LogP contribution is 2.39. The quantitative estimate of drug-likeness (QED) is 0.472. The van der Waals surface area contributed by atoms with Crippen LogP contribution in [0, 0.1) is 0 Å². The smallest absolute Gasteiger partial charge is 0.443 e. The molecule has 1 aromatic carbocycles. The van der Waals surface area contributed by atoms with Crippen molar-refractivity contribution in [1.29, 1.82) is 0 Å². The second kappa shape index (κ2) is 9.19. The number of carbonyl (C=O) groups is 1. The zero-order valence-electron chi connectivity index (χ0n) is 24.0. The van der Waals surface area contributed by atoms with Crippen molar-refractivity contribution in [3.63, 3.8) is 0 Å². The minimum atomic E-state index is -1.88. The third-order valence-electron chi connectivity index (χ3n) is 8.06. The first kappa shape index (κ1) is 28.2. The number of benzene rings is 1. The molecule has 0 aromatic heterocycles. The van der Waals surface area contributed by atoms with E-state index in [2.05, 4.69) is 67.6 Å². The van der Waals surface area contributed by atoms with Crippen molar-refractivity contribution < 1.29 is 23.3 Å². The molecule has 3 rings (SSSR count). The maximum Gasteiger partial charge on any atom is 0.495 e. The number of fused-ring (bicyclic) bond motifs is 1. The van der Waals surface area contributed by atoms with Gasteiger partial charge in [-0.05, 0) is 102 Å². The fourth-order valence-corrected chi connectivity index (χ4v) is 5.24. The van der Waals surface area contributed by atoms with Crippen LogP contribution in [-0.2, 0) is 31.3 Å². The van der Waals surface area contributed by atoms with Gasteiger partial charge in [0.2, 0.25) is 0 Å².